The van der Waals surface area contributed by atoms with E-state index in [1.54, 1.807) is 105 Å². The molecule has 0 bridgehead atoms. The lowest BCUT2D eigenvalue weighted by Crippen LogP contribution is -2.61. The monoisotopic (exact) mass is 1270 g/mol. The number of rotatable bonds is 19. The number of Topliss-reactive ketones (excluding diaryl/α,β-unsaturated/α-hetero) is 1. The van der Waals surface area contributed by atoms with Crippen molar-refractivity contribution in [1.29, 1.82) is 0 Å². The van der Waals surface area contributed by atoms with Gasteiger partial charge in [-0.15, -0.1) is 0 Å². The Hall–Kier alpha value is -9.52. The third-order valence-corrected chi connectivity index (χ3v) is 16.1. The Labute approximate surface area is 534 Å². The zero-order chi connectivity index (χ0) is 67.0. The van der Waals surface area contributed by atoms with Gasteiger partial charge < -0.3 is 68.5 Å². The molecule has 2 aliphatic heterocycles. The van der Waals surface area contributed by atoms with E-state index in [4.69, 9.17) is 5.73 Å². The number of hydrogen-bond acceptors (Lipinski definition) is 14. The number of nitrogens with zero attached hydrogens (tertiary/aromatic N) is 1. The summed E-state index contributed by atoms with van der Waals surface area (Å²) in [7, 11) is 0. The van der Waals surface area contributed by atoms with Crippen LogP contribution in [0.25, 0.3) is 0 Å². The maximum Gasteiger partial charge on any atom is 0.305 e. The first-order valence-corrected chi connectivity index (χ1v) is 31.2. The van der Waals surface area contributed by atoms with Crippen molar-refractivity contribution in [2.45, 2.75) is 166 Å². The average Bonchev–Trinajstić information content (AvgIpc) is 1.56. The molecule has 9 amide bonds. The first-order chi connectivity index (χ1) is 43.9. The van der Waals surface area contributed by atoms with Gasteiger partial charge in [0.2, 0.25) is 53.2 Å². The molecule has 0 aliphatic carbocycles. The fourth-order valence-electron chi connectivity index (χ4n) is 11.2. The van der Waals surface area contributed by atoms with Gasteiger partial charge in [0.25, 0.3) is 0 Å². The van der Waals surface area contributed by atoms with Gasteiger partial charge in [0.1, 0.15) is 54.1 Å². The largest absolute Gasteiger partial charge is 0.508 e. The molecule has 494 valence electrons. The van der Waals surface area contributed by atoms with Crippen LogP contribution in [0.15, 0.2) is 115 Å². The minimum Gasteiger partial charge on any atom is -0.508 e. The first kappa shape index (κ1) is 71.6. The van der Waals surface area contributed by atoms with E-state index >= 15 is 9.59 Å². The number of carbonyl (C=O) groups is 12. The number of benzene rings is 4. The van der Waals surface area contributed by atoms with Crippen LogP contribution in [-0.4, -0.2) is 159 Å². The molecule has 92 heavy (non-hydrogen) atoms. The lowest BCUT2D eigenvalue weighted by molar-refractivity contribution is -0.143. The van der Waals surface area contributed by atoms with Crippen LogP contribution in [0.4, 0.5) is 0 Å². The molecule has 0 radical (unpaired) electrons. The van der Waals surface area contributed by atoms with E-state index < -0.39 is 163 Å². The molecule has 0 spiro atoms. The van der Waals surface area contributed by atoms with Crippen molar-refractivity contribution in [2.24, 2.45) is 23.5 Å². The first-order valence-electron chi connectivity index (χ1n) is 31.2. The molecule has 6 rings (SSSR count). The maximum atomic E-state index is 15.1. The third kappa shape index (κ3) is 22.2. The lowest BCUT2D eigenvalue weighted by Gasteiger charge is -2.32. The molecule has 2 saturated heterocycles. The number of nitrogens with two attached hydrogens (primary N) is 1. The van der Waals surface area contributed by atoms with E-state index in [0.717, 1.165) is 0 Å². The summed E-state index contributed by atoms with van der Waals surface area (Å²) in [5, 5.41) is 51.4. The van der Waals surface area contributed by atoms with Gasteiger partial charge in [0.05, 0.1) is 12.5 Å². The van der Waals surface area contributed by atoms with Crippen molar-refractivity contribution in [3.05, 3.63) is 138 Å². The van der Waals surface area contributed by atoms with Crippen LogP contribution in [-0.2, 0) is 83.2 Å². The Bertz CT molecular complexity index is 3210. The minimum atomic E-state index is -1.96. The summed E-state index contributed by atoms with van der Waals surface area (Å²) in [4.78, 5) is 173. The molecule has 0 aromatic heterocycles. The van der Waals surface area contributed by atoms with Crippen LogP contribution in [0.2, 0.25) is 0 Å². The Kier molecular flexibility index (Phi) is 27.4. The topological polar surface area (TPSA) is 391 Å². The summed E-state index contributed by atoms with van der Waals surface area (Å²) >= 11 is 0. The molecule has 2 heterocycles. The molecular formula is C67H86N10O15. The number of fused-ring (bicyclic) bond motifs is 1. The summed E-state index contributed by atoms with van der Waals surface area (Å²) in [6.07, 6.45) is -2.90. The number of hydrogen-bond donors (Lipinski definition) is 12. The molecule has 25 heteroatoms. The maximum absolute atomic E-state index is 15.1. The molecule has 4 aromatic rings. The second-order valence-electron chi connectivity index (χ2n) is 24.2. The Balaban J connectivity index is 1.46. The molecule has 2 fully saturated rings. The van der Waals surface area contributed by atoms with E-state index in [9.17, 15) is 63.3 Å². The number of aromatic hydroxyl groups is 1. The number of carbonyl (C=O) groups excluding carboxylic acids is 10. The zero-order valence-electron chi connectivity index (χ0n) is 52.3. The van der Waals surface area contributed by atoms with Gasteiger partial charge in [0.15, 0.2) is 5.78 Å². The van der Waals surface area contributed by atoms with E-state index in [1.165, 1.54) is 29.2 Å². The van der Waals surface area contributed by atoms with Gasteiger partial charge >= 0.3 is 11.9 Å². The fraction of sp³-hybridized carbons (Fsp3) is 0.463. The summed E-state index contributed by atoms with van der Waals surface area (Å²) in [6, 6.07) is 18.2. The Morgan fingerprint density at radius 2 is 0.957 bits per heavy atom. The van der Waals surface area contributed by atoms with E-state index in [1.807, 2.05) is 13.8 Å². The summed E-state index contributed by atoms with van der Waals surface area (Å²) in [6.45, 7) is 7.00. The molecule has 13 N–H and O–H groups in total. The number of ketones is 1. The smallest absolute Gasteiger partial charge is 0.305 e. The standard InChI is InChI=1S/C67H86N10O15/c1-39(2)32-50-62(87)75-53(36-43-20-12-7-13-21-43)67(92)77-31-15-23-54(77)65(90)71-49(34-42-18-10-6-11-19-42)55(79)37-45(33-41-16-8-5-9-17-41)59(84)72-52(38-57(82)83)63(88)69-48(28-29-56(80)81)61(86)74-51(35-44-24-26-46(78)27-25-44)64(89)76-58(40(3)4)66(91)70-47(22-14-30-68)60(85)73-50/h5-13,16-21,24-27,39-40,45,47-54,58,78H,14-15,22-23,28-38,68H2,1-4H3,(H,69,88)(H,70,91)(H,71,90)(H,72,84)(H,73,85)(H,74,86)(H,75,87)(H,76,89)(H,80,81)(H,82,83). The van der Waals surface area contributed by atoms with Crippen molar-refractivity contribution in [1.82, 2.24) is 47.4 Å². The number of nitrogens with one attached hydrogen (secondary N) is 8. The third-order valence-electron chi connectivity index (χ3n) is 16.1. The van der Waals surface area contributed by atoms with Crippen molar-refractivity contribution >= 4 is 70.9 Å². The summed E-state index contributed by atoms with van der Waals surface area (Å²) in [5.41, 5.74) is 8.10. The number of carboxylic acids is 2. The number of aliphatic carboxylic acids is 2. The number of carboxylic acid groups (broad SMARTS) is 2. The molecular weight excluding hydrogens is 1180 g/mol. The van der Waals surface area contributed by atoms with E-state index in [-0.39, 0.29) is 76.1 Å². The lowest BCUT2D eigenvalue weighted by atomic mass is 9.89. The van der Waals surface area contributed by atoms with E-state index in [2.05, 4.69) is 42.5 Å². The van der Waals surface area contributed by atoms with E-state index in [0.29, 0.717) is 28.7 Å². The number of amides is 9. The SMILES string of the molecule is CC(C)CC1NC(=O)C(CCCN)NC(=O)C(C(C)C)NC(=O)C(Cc2ccc(O)cc2)NC(=O)C(CCC(=O)O)NC(=O)C(CC(=O)O)NC(=O)C(Cc2ccccc2)CC(=O)C(Cc2ccccc2)NC(=O)C2CCCN2C(=O)C(Cc2ccccc2)NC1=O. The van der Waals surface area contributed by atoms with Crippen LogP contribution >= 0.6 is 0 Å². The summed E-state index contributed by atoms with van der Waals surface area (Å²) < 4.78 is 0. The minimum absolute atomic E-state index is 0.0392. The predicted molar refractivity (Wildman–Crippen MR) is 337 cm³/mol. The number of phenols is 1. The second-order valence-corrected chi connectivity index (χ2v) is 24.2. The summed E-state index contributed by atoms with van der Waals surface area (Å²) in [5.74, 6) is -14.2. The number of phenolic OH excluding ortho intramolecular Hbond substituents is 1. The van der Waals surface area contributed by atoms with Crippen molar-refractivity contribution < 1.29 is 72.9 Å². The van der Waals surface area contributed by atoms with Gasteiger partial charge in [-0.1, -0.05) is 131 Å². The molecule has 10 atom stereocenters. The van der Waals surface area contributed by atoms with Crippen LogP contribution in [0.5, 0.6) is 5.75 Å². The van der Waals surface area contributed by atoms with Gasteiger partial charge in [0, 0.05) is 38.1 Å². The molecule has 0 saturated carbocycles. The average molecular weight is 1270 g/mol. The predicted octanol–water partition coefficient (Wildman–Crippen LogP) is 1.90. The Morgan fingerprint density at radius 3 is 1.51 bits per heavy atom. The molecule has 4 aromatic carbocycles. The molecule has 2 aliphatic rings. The quantitative estimate of drug-likeness (QED) is 0.0638. The highest BCUT2D eigenvalue weighted by Gasteiger charge is 2.42. The van der Waals surface area contributed by atoms with Crippen molar-refractivity contribution in [3.8, 4) is 5.75 Å². The highest BCUT2D eigenvalue weighted by Crippen LogP contribution is 2.23. The molecule has 25 nitrogen and oxygen atoms in total. The van der Waals surface area contributed by atoms with Crippen LogP contribution in [0, 0.1) is 17.8 Å². The van der Waals surface area contributed by atoms with Gasteiger partial charge in [-0.05, 0) is 104 Å². The Morgan fingerprint density at radius 1 is 0.500 bits per heavy atom. The van der Waals surface area contributed by atoms with Gasteiger partial charge in [-0.25, -0.2) is 0 Å². The molecule has 10 unspecified atom stereocenters. The van der Waals surface area contributed by atoms with Gasteiger partial charge in [-0.2, -0.15) is 0 Å². The highest BCUT2D eigenvalue weighted by atomic mass is 16.4. The van der Waals surface area contributed by atoms with Crippen LogP contribution < -0.4 is 48.3 Å². The fourth-order valence-corrected chi connectivity index (χ4v) is 11.2. The van der Waals surface area contributed by atoms with Gasteiger partial charge in [-0.3, -0.25) is 57.5 Å². The zero-order valence-corrected chi connectivity index (χ0v) is 52.3. The van der Waals surface area contributed by atoms with Crippen LogP contribution in [0.1, 0.15) is 108 Å². The van der Waals surface area contributed by atoms with Crippen molar-refractivity contribution in [2.75, 3.05) is 13.1 Å². The second kappa shape index (κ2) is 35.2. The van der Waals surface area contributed by atoms with Crippen molar-refractivity contribution in [3.63, 3.8) is 0 Å². The normalized spacial score (nSPS) is 24.0. The highest BCUT2D eigenvalue weighted by molar-refractivity contribution is 6.00. The van der Waals surface area contributed by atoms with Crippen LogP contribution in [0.3, 0.4) is 0 Å².